The summed E-state index contributed by atoms with van der Waals surface area (Å²) in [6, 6.07) is 17.0. The second kappa shape index (κ2) is 6.31. The molecule has 0 unspecified atom stereocenters. The predicted molar refractivity (Wildman–Crippen MR) is 82.9 cm³/mol. The van der Waals surface area contributed by atoms with E-state index in [1.54, 1.807) is 13.8 Å². The first-order valence-corrected chi connectivity index (χ1v) is 6.78. The predicted octanol–water partition coefficient (Wildman–Crippen LogP) is 4.00. The topological polar surface area (TPSA) is 58.6 Å². The molecule has 4 nitrogen and oxygen atoms in total. The molecule has 0 atom stereocenters. The Hall–Kier alpha value is -2.49. The summed E-state index contributed by atoms with van der Waals surface area (Å²) in [7, 11) is 0. The third kappa shape index (κ3) is 4.24. The van der Waals surface area contributed by atoms with Gasteiger partial charge in [-0.25, -0.2) is 0 Å². The molecular formula is C17H19NO3. The molecule has 0 aliphatic heterocycles. The van der Waals surface area contributed by atoms with Gasteiger partial charge in [-0.3, -0.25) is 4.79 Å². The monoisotopic (exact) mass is 285 g/mol. The summed E-state index contributed by atoms with van der Waals surface area (Å²) in [6.07, 6.45) is 0. The van der Waals surface area contributed by atoms with Crippen LogP contribution in [0.15, 0.2) is 54.6 Å². The third-order valence-corrected chi connectivity index (χ3v) is 3.15. The van der Waals surface area contributed by atoms with Crippen molar-refractivity contribution in [2.45, 2.75) is 13.8 Å². The maximum absolute atomic E-state index is 11.0. The number of carboxylic acid groups (broad SMARTS) is 1. The van der Waals surface area contributed by atoms with E-state index in [-0.39, 0.29) is 0 Å². The van der Waals surface area contributed by atoms with Gasteiger partial charge < -0.3 is 15.2 Å². The number of hydrogen-bond acceptors (Lipinski definition) is 3. The highest BCUT2D eigenvalue weighted by atomic mass is 16.5. The van der Waals surface area contributed by atoms with Gasteiger partial charge >= 0.3 is 5.97 Å². The Morgan fingerprint density at radius 2 is 1.62 bits per heavy atom. The van der Waals surface area contributed by atoms with Crippen LogP contribution in [0.1, 0.15) is 13.8 Å². The maximum atomic E-state index is 11.0. The van der Waals surface area contributed by atoms with Gasteiger partial charge in [-0.15, -0.1) is 0 Å². The fourth-order valence-electron chi connectivity index (χ4n) is 1.66. The number of para-hydroxylation sites is 1. The normalized spacial score (nSPS) is 11.0. The van der Waals surface area contributed by atoms with Crippen LogP contribution in [0.25, 0.3) is 0 Å². The van der Waals surface area contributed by atoms with Crippen LogP contribution >= 0.6 is 0 Å². The lowest BCUT2D eigenvalue weighted by Crippen LogP contribution is -2.31. The SMILES string of the molecule is CC(C)(CNc1ccc(Oc2ccccc2)cc1)C(=O)O. The number of ether oxygens (including phenoxy) is 1. The van der Waals surface area contributed by atoms with Crippen molar-refractivity contribution in [3.8, 4) is 11.5 Å². The Kier molecular flexibility index (Phi) is 4.48. The summed E-state index contributed by atoms with van der Waals surface area (Å²) in [5.41, 5.74) is 0.0592. The molecule has 0 spiro atoms. The Labute approximate surface area is 124 Å². The fourth-order valence-corrected chi connectivity index (χ4v) is 1.66. The quantitative estimate of drug-likeness (QED) is 0.842. The van der Waals surface area contributed by atoms with Crippen molar-refractivity contribution < 1.29 is 14.6 Å². The van der Waals surface area contributed by atoms with Crippen molar-refractivity contribution in [1.29, 1.82) is 0 Å². The minimum atomic E-state index is -0.820. The summed E-state index contributed by atoms with van der Waals surface area (Å²) in [4.78, 5) is 11.0. The molecule has 21 heavy (non-hydrogen) atoms. The van der Waals surface area contributed by atoms with Gasteiger partial charge in [0.15, 0.2) is 0 Å². The van der Waals surface area contributed by atoms with Crippen LogP contribution in [0.4, 0.5) is 5.69 Å². The Balaban J connectivity index is 1.95. The van der Waals surface area contributed by atoms with Crippen LogP contribution in [0, 0.1) is 5.41 Å². The number of anilines is 1. The number of carbonyl (C=O) groups is 1. The first-order valence-electron chi connectivity index (χ1n) is 6.78. The van der Waals surface area contributed by atoms with E-state index < -0.39 is 11.4 Å². The van der Waals surface area contributed by atoms with E-state index in [1.807, 2.05) is 54.6 Å². The van der Waals surface area contributed by atoms with Crippen LogP contribution in [-0.2, 0) is 4.79 Å². The van der Waals surface area contributed by atoms with Crippen molar-refractivity contribution >= 4 is 11.7 Å². The van der Waals surface area contributed by atoms with E-state index in [1.165, 1.54) is 0 Å². The fraction of sp³-hybridized carbons (Fsp3) is 0.235. The van der Waals surface area contributed by atoms with Crippen LogP contribution < -0.4 is 10.1 Å². The van der Waals surface area contributed by atoms with Gasteiger partial charge in [0.2, 0.25) is 0 Å². The summed E-state index contributed by atoms with van der Waals surface area (Å²) in [5, 5.41) is 12.2. The molecule has 2 aromatic carbocycles. The van der Waals surface area contributed by atoms with Crippen LogP contribution in [0.3, 0.4) is 0 Å². The maximum Gasteiger partial charge on any atom is 0.310 e. The molecule has 2 rings (SSSR count). The lowest BCUT2D eigenvalue weighted by molar-refractivity contribution is -0.146. The summed E-state index contributed by atoms with van der Waals surface area (Å²) >= 11 is 0. The molecule has 0 radical (unpaired) electrons. The standard InChI is InChI=1S/C17H19NO3/c1-17(2,16(19)20)12-18-13-8-10-15(11-9-13)21-14-6-4-3-5-7-14/h3-11,18H,12H2,1-2H3,(H,19,20). The molecule has 0 aliphatic rings. The van der Waals surface area contributed by atoms with E-state index in [0.29, 0.717) is 6.54 Å². The van der Waals surface area contributed by atoms with Gasteiger partial charge in [-0.2, -0.15) is 0 Å². The molecule has 2 N–H and O–H groups in total. The Morgan fingerprint density at radius 1 is 1.05 bits per heavy atom. The molecular weight excluding hydrogens is 266 g/mol. The number of carboxylic acids is 1. The zero-order valence-corrected chi connectivity index (χ0v) is 12.2. The van der Waals surface area contributed by atoms with Gasteiger partial charge in [-0.1, -0.05) is 18.2 Å². The summed E-state index contributed by atoms with van der Waals surface area (Å²) < 4.78 is 5.70. The molecule has 2 aromatic rings. The van der Waals surface area contributed by atoms with Gasteiger partial charge in [0.25, 0.3) is 0 Å². The Morgan fingerprint density at radius 3 is 2.19 bits per heavy atom. The second-order valence-electron chi connectivity index (χ2n) is 5.48. The molecule has 0 amide bonds. The van der Waals surface area contributed by atoms with Crippen LogP contribution in [0.5, 0.6) is 11.5 Å². The highest BCUT2D eigenvalue weighted by molar-refractivity contribution is 5.74. The smallest absolute Gasteiger partial charge is 0.310 e. The van der Waals surface area contributed by atoms with Gasteiger partial charge in [0.05, 0.1) is 5.41 Å². The first kappa shape index (κ1) is 14.9. The van der Waals surface area contributed by atoms with Crippen molar-refractivity contribution in [2.75, 3.05) is 11.9 Å². The van der Waals surface area contributed by atoms with Crippen molar-refractivity contribution in [3.05, 3.63) is 54.6 Å². The molecule has 0 aliphatic carbocycles. The highest BCUT2D eigenvalue weighted by Gasteiger charge is 2.26. The van der Waals surface area contributed by atoms with Gasteiger partial charge in [-0.05, 0) is 50.2 Å². The molecule has 4 heteroatoms. The molecule has 0 saturated carbocycles. The average molecular weight is 285 g/mol. The number of nitrogens with one attached hydrogen (secondary N) is 1. The summed E-state index contributed by atoms with van der Waals surface area (Å²) in [5.74, 6) is 0.702. The number of hydrogen-bond donors (Lipinski definition) is 2. The molecule has 0 fully saturated rings. The minimum absolute atomic E-state index is 0.362. The van der Waals surface area contributed by atoms with E-state index in [0.717, 1.165) is 17.2 Å². The third-order valence-electron chi connectivity index (χ3n) is 3.15. The average Bonchev–Trinajstić information content (AvgIpc) is 2.47. The van der Waals surface area contributed by atoms with Gasteiger partial charge in [0.1, 0.15) is 11.5 Å². The van der Waals surface area contributed by atoms with Crippen molar-refractivity contribution in [3.63, 3.8) is 0 Å². The van der Waals surface area contributed by atoms with Gasteiger partial charge in [0, 0.05) is 12.2 Å². The number of rotatable bonds is 6. The highest BCUT2D eigenvalue weighted by Crippen LogP contribution is 2.23. The lowest BCUT2D eigenvalue weighted by atomic mass is 9.94. The molecule has 0 saturated heterocycles. The van der Waals surface area contributed by atoms with Crippen LogP contribution in [-0.4, -0.2) is 17.6 Å². The molecule has 0 aromatic heterocycles. The van der Waals surface area contributed by atoms with E-state index in [4.69, 9.17) is 9.84 Å². The number of benzene rings is 2. The molecule has 0 heterocycles. The minimum Gasteiger partial charge on any atom is -0.481 e. The largest absolute Gasteiger partial charge is 0.481 e. The zero-order valence-electron chi connectivity index (χ0n) is 12.2. The zero-order chi connectivity index (χ0) is 15.3. The first-order chi connectivity index (χ1) is 9.97. The Bertz CT molecular complexity index is 591. The molecule has 0 bridgehead atoms. The molecule has 110 valence electrons. The van der Waals surface area contributed by atoms with E-state index in [9.17, 15) is 4.79 Å². The second-order valence-corrected chi connectivity index (χ2v) is 5.48. The number of aliphatic carboxylic acids is 1. The lowest BCUT2D eigenvalue weighted by Gasteiger charge is -2.20. The van der Waals surface area contributed by atoms with E-state index >= 15 is 0 Å². The van der Waals surface area contributed by atoms with Crippen molar-refractivity contribution in [1.82, 2.24) is 0 Å². The van der Waals surface area contributed by atoms with E-state index in [2.05, 4.69) is 5.32 Å². The van der Waals surface area contributed by atoms with Crippen molar-refractivity contribution in [2.24, 2.45) is 5.41 Å². The van der Waals surface area contributed by atoms with Crippen LogP contribution in [0.2, 0.25) is 0 Å². The summed E-state index contributed by atoms with van der Waals surface area (Å²) in [6.45, 7) is 3.74.